The number of nitrogens with one attached hydrogen (secondary N) is 3. The third-order valence-corrected chi connectivity index (χ3v) is 6.24. The summed E-state index contributed by atoms with van der Waals surface area (Å²) in [4.78, 5) is 15.4. The van der Waals surface area contributed by atoms with Crippen LogP contribution in [0.1, 0.15) is 10.5 Å². The molecule has 0 saturated carbocycles. The molecular formula is C23H20FN3O5S. The number of amides is 1. The lowest BCUT2D eigenvalue weighted by atomic mass is 10.2. The van der Waals surface area contributed by atoms with Crippen molar-refractivity contribution in [3.8, 4) is 11.5 Å². The minimum absolute atomic E-state index is 0.0404. The lowest BCUT2D eigenvalue weighted by Gasteiger charge is -2.09. The lowest BCUT2D eigenvalue weighted by molar-refractivity contribution is 0.0977. The van der Waals surface area contributed by atoms with E-state index in [2.05, 4.69) is 10.3 Å². The van der Waals surface area contributed by atoms with Gasteiger partial charge in [0.1, 0.15) is 23.0 Å². The number of ether oxygens (including phenoxy) is 2. The fourth-order valence-corrected chi connectivity index (χ4v) is 4.24. The van der Waals surface area contributed by atoms with E-state index < -0.39 is 21.7 Å². The molecule has 0 bridgehead atoms. The Morgan fingerprint density at radius 1 is 0.939 bits per heavy atom. The maximum Gasteiger partial charge on any atom is 0.281 e. The van der Waals surface area contributed by atoms with Gasteiger partial charge in [-0.1, -0.05) is 6.07 Å². The largest absolute Gasteiger partial charge is 0.497 e. The van der Waals surface area contributed by atoms with E-state index in [0.717, 1.165) is 0 Å². The van der Waals surface area contributed by atoms with Crippen LogP contribution in [0.4, 0.5) is 15.8 Å². The molecule has 1 heterocycles. The van der Waals surface area contributed by atoms with Crippen molar-refractivity contribution in [2.24, 2.45) is 0 Å². The first-order valence-corrected chi connectivity index (χ1v) is 11.2. The summed E-state index contributed by atoms with van der Waals surface area (Å²) in [6, 6.07) is 16.6. The highest BCUT2D eigenvalue weighted by Gasteiger charge is 2.21. The highest BCUT2D eigenvalue weighted by Crippen LogP contribution is 2.30. The summed E-state index contributed by atoms with van der Waals surface area (Å²) in [6.07, 6.45) is 0. The first-order chi connectivity index (χ1) is 15.8. The maximum absolute atomic E-state index is 14.2. The molecular weight excluding hydrogens is 449 g/mol. The average Bonchev–Trinajstić information content (AvgIpc) is 3.23. The first kappa shape index (κ1) is 22.2. The summed E-state index contributed by atoms with van der Waals surface area (Å²) < 4.78 is 51.6. The second-order valence-electron chi connectivity index (χ2n) is 7.06. The van der Waals surface area contributed by atoms with E-state index in [-0.39, 0.29) is 10.6 Å². The summed E-state index contributed by atoms with van der Waals surface area (Å²) in [5, 5.41) is 3.60. The number of hydrogen-bond donors (Lipinski definition) is 3. The second kappa shape index (κ2) is 8.83. The molecule has 3 aromatic carbocycles. The van der Waals surface area contributed by atoms with Crippen molar-refractivity contribution >= 4 is 38.2 Å². The van der Waals surface area contributed by atoms with Crippen LogP contribution >= 0.6 is 0 Å². The Bertz CT molecular complexity index is 1430. The van der Waals surface area contributed by atoms with E-state index in [4.69, 9.17) is 9.47 Å². The molecule has 1 aromatic heterocycles. The summed E-state index contributed by atoms with van der Waals surface area (Å²) in [7, 11) is -1.13. The van der Waals surface area contributed by atoms with Crippen molar-refractivity contribution in [3.63, 3.8) is 0 Å². The smallest absolute Gasteiger partial charge is 0.281 e. The number of rotatable bonds is 7. The van der Waals surface area contributed by atoms with Gasteiger partial charge in [0.05, 0.1) is 30.3 Å². The minimum Gasteiger partial charge on any atom is -0.497 e. The van der Waals surface area contributed by atoms with Crippen LogP contribution in [-0.2, 0) is 10.0 Å². The molecule has 8 nitrogen and oxygen atoms in total. The molecule has 0 unspecified atom stereocenters. The molecule has 0 aliphatic heterocycles. The van der Waals surface area contributed by atoms with Crippen LogP contribution in [0.15, 0.2) is 71.6 Å². The van der Waals surface area contributed by atoms with Gasteiger partial charge in [-0.3, -0.25) is 4.79 Å². The van der Waals surface area contributed by atoms with Crippen molar-refractivity contribution in [2.75, 3.05) is 19.5 Å². The van der Waals surface area contributed by atoms with E-state index >= 15 is 0 Å². The molecule has 0 spiro atoms. The van der Waals surface area contributed by atoms with Crippen molar-refractivity contribution in [1.29, 1.82) is 0 Å². The Morgan fingerprint density at radius 3 is 2.36 bits per heavy atom. The number of methoxy groups -OCH3 is 2. The molecule has 0 aliphatic rings. The number of aromatic nitrogens is 1. The van der Waals surface area contributed by atoms with Gasteiger partial charge in [-0.15, -0.1) is 0 Å². The van der Waals surface area contributed by atoms with E-state index in [9.17, 15) is 17.6 Å². The van der Waals surface area contributed by atoms with E-state index in [1.165, 1.54) is 56.7 Å². The average molecular weight is 469 g/mol. The zero-order chi connectivity index (χ0) is 23.6. The summed E-state index contributed by atoms with van der Waals surface area (Å²) in [5.74, 6) is -0.318. The van der Waals surface area contributed by atoms with Gasteiger partial charge in [-0.25, -0.2) is 17.5 Å². The number of sulfonamides is 1. The number of carbonyl (C=O) groups is 1. The molecule has 33 heavy (non-hydrogen) atoms. The molecule has 0 radical (unpaired) electrons. The Kier molecular flexibility index (Phi) is 5.93. The van der Waals surface area contributed by atoms with Crippen molar-refractivity contribution in [2.45, 2.75) is 4.90 Å². The Hall–Kier alpha value is -4.05. The van der Waals surface area contributed by atoms with Crippen LogP contribution in [0, 0.1) is 5.82 Å². The van der Waals surface area contributed by atoms with E-state index in [1.54, 1.807) is 24.3 Å². The van der Waals surface area contributed by atoms with Gasteiger partial charge in [0.15, 0.2) is 0 Å². The number of halogens is 1. The topological polar surface area (TPSA) is 110 Å². The van der Waals surface area contributed by atoms with Gasteiger partial charge in [-0.05, 0) is 54.6 Å². The number of carbonyl (C=O) groups excluding carboxylic acids is 1. The normalized spacial score (nSPS) is 11.2. The molecule has 10 heteroatoms. The van der Waals surface area contributed by atoms with Gasteiger partial charge >= 0.3 is 0 Å². The summed E-state index contributed by atoms with van der Waals surface area (Å²) in [5.41, 5.74) is 1.33. The lowest BCUT2D eigenvalue weighted by Crippen LogP contribution is -2.30. The van der Waals surface area contributed by atoms with E-state index in [0.29, 0.717) is 33.8 Å². The van der Waals surface area contributed by atoms with Gasteiger partial charge in [0.25, 0.3) is 15.9 Å². The predicted molar refractivity (Wildman–Crippen MR) is 122 cm³/mol. The standard InChI is InChI=1S/C23H20FN3O5S/c1-31-16-6-8-18(9-7-16)33(29,30)27-23(28)22-13-19-20(10-14(24)11-21(19)26-22)25-15-4-3-5-17(12-15)32-2/h3-13,25-26H,1-2H3,(H,27,28). The maximum atomic E-state index is 14.2. The monoisotopic (exact) mass is 469 g/mol. The van der Waals surface area contributed by atoms with Crippen LogP contribution in [0.3, 0.4) is 0 Å². The third-order valence-electron chi connectivity index (χ3n) is 4.89. The molecule has 3 N–H and O–H groups in total. The molecule has 4 rings (SSSR count). The van der Waals surface area contributed by atoms with Crippen molar-refractivity contribution < 1.29 is 27.1 Å². The molecule has 4 aromatic rings. The number of hydrogen-bond acceptors (Lipinski definition) is 6. The second-order valence-corrected chi connectivity index (χ2v) is 8.75. The molecule has 0 atom stereocenters. The quantitative estimate of drug-likeness (QED) is 0.375. The van der Waals surface area contributed by atoms with Gasteiger partial charge in [-0.2, -0.15) is 0 Å². The summed E-state index contributed by atoms with van der Waals surface area (Å²) >= 11 is 0. The number of aromatic amines is 1. The summed E-state index contributed by atoms with van der Waals surface area (Å²) in [6.45, 7) is 0. The van der Waals surface area contributed by atoms with Crippen LogP contribution in [0.5, 0.6) is 11.5 Å². The SMILES string of the molecule is COc1ccc(S(=O)(=O)NC(=O)c2cc3c(Nc4cccc(OC)c4)cc(F)cc3[nH]2)cc1. The first-order valence-electron chi connectivity index (χ1n) is 9.73. The fraction of sp³-hybridized carbons (Fsp3) is 0.0870. The Morgan fingerprint density at radius 2 is 1.67 bits per heavy atom. The highest BCUT2D eigenvalue weighted by molar-refractivity contribution is 7.90. The van der Waals surface area contributed by atoms with Crippen molar-refractivity contribution in [1.82, 2.24) is 9.71 Å². The van der Waals surface area contributed by atoms with Gasteiger partial charge < -0.3 is 19.8 Å². The molecule has 170 valence electrons. The minimum atomic E-state index is -4.12. The van der Waals surface area contributed by atoms with Crippen LogP contribution < -0.4 is 19.5 Å². The van der Waals surface area contributed by atoms with Gasteiger partial charge in [0, 0.05) is 17.1 Å². The Labute approximate surface area is 189 Å². The van der Waals surface area contributed by atoms with Crippen LogP contribution in [0.25, 0.3) is 10.9 Å². The number of H-pyrrole nitrogens is 1. The van der Waals surface area contributed by atoms with Crippen LogP contribution in [-0.4, -0.2) is 33.5 Å². The molecule has 0 saturated heterocycles. The predicted octanol–water partition coefficient (Wildman–Crippen LogP) is 4.19. The Balaban J connectivity index is 1.63. The molecule has 1 amide bonds. The highest BCUT2D eigenvalue weighted by atomic mass is 32.2. The molecule has 0 fully saturated rings. The van der Waals surface area contributed by atoms with E-state index in [1.807, 2.05) is 4.72 Å². The number of anilines is 2. The van der Waals surface area contributed by atoms with Crippen molar-refractivity contribution in [3.05, 3.63) is 78.2 Å². The third kappa shape index (κ3) is 4.75. The van der Waals surface area contributed by atoms with Crippen LogP contribution in [0.2, 0.25) is 0 Å². The zero-order valence-corrected chi connectivity index (χ0v) is 18.5. The molecule has 0 aliphatic carbocycles. The number of fused-ring (bicyclic) bond motifs is 1. The zero-order valence-electron chi connectivity index (χ0n) is 17.7. The van der Waals surface area contributed by atoms with Gasteiger partial charge in [0.2, 0.25) is 0 Å². The fourth-order valence-electron chi connectivity index (χ4n) is 3.28. The number of benzene rings is 3.